The van der Waals surface area contributed by atoms with Crippen molar-refractivity contribution in [1.29, 1.82) is 5.26 Å². The molecule has 0 spiro atoms. The number of rotatable bonds is 5. The Labute approximate surface area is 127 Å². The van der Waals surface area contributed by atoms with Gasteiger partial charge in [-0.15, -0.1) is 0 Å². The topological polar surface area (TPSA) is 42.2 Å². The molecule has 0 fully saturated rings. The average Bonchev–Trinajstić information content (AvgIpc) is 2.98. The van der Waals surface area contributed by atoms with Crippen molar-refractivity contribution in [3.05, 3.63) is 53.6 Å². The molecule has 1 aliphatic rings. The van der Waals surface area contributed by atoms with E-state index in [0.717, 1.165) is 23.3 Å². The van der Waals surface area contributed by atoms with Gasteiger partial charge in [-0.05, 0) is 43.8 Å². The first-order chi connectivity index (χ1) is 9.91. The maximum Gasteiger partial charge on any atom is 0.192 e. The number of hydrogen-bond donors (Lipinski definition) is 0. The quantitative estimate of drug-likeness (QED) is 0.767. The third kappa shape index (κ3) is 3.26. The van der Waals surface area contributed by atoms with E-state index in [9.17, 15) is 5.26 Å². The van der Waals surface area contributed by atoms with Gasteiger partial charge in [0.2, 0.25) is 0 Å². The summed E-state index contributed by atoms with van der Waals surface area (Å²) in [6.45, 7) is 6.31. The van der Waals surface area contributed by atoms with Gasteiger partial charge in [0, 0.05) is 5.56 Å². The molecule has 1 atom stereocenters. The van der Waals surface area contributed by atoms with Crippen LogP contribution in [0.25, 0.3) is 0 Å². The van der Waals surface area contributed by atoms with Crippen LogP contribution in [0.3, 0.4) is 0 Å². The zero-order valence-electron chi connectivity index (χ0n) is 13.0. The zero-order chi connectivity index (χ0) is 15.5. The molecule has 21 heavy (non-hydrogen) atoms. The molecule has 1 aromatic rings. The molecule has 1 aliphatic carbocycles. The summed E-state index contributed by atoms with van der Waals surface area (Å²) in [6, 6.07) is 10.0. The Kier molecular flexibility index (Phi) is 4.36. The molecule has 0 radical (unpaired) electrons. The highest BCUT2D eigenvalue weighted by molar-refractivity contribution is 6.69. The van der Waals surface area contributed by atoms with Crippen LogP contribution < -0.4 is 4.74 Å². The maximum atomic E-state index is 9.93. The van der Waals surface area contributed by atoms with E-state index in [1.165, 1.54) is 0 Å². The zero-order valence-corrected chi connectivity index (χ0v) is 14.0. The Morgan fingerprint density at radius 2 is 1.86 bits per heavy atom. The van der Waals surface area contributed by atoms with E-state index in [4.69, 9.17) is 9.16 Å². The van der Waals surface area contributed by atoms with Crippen LogP contribution in [-0.4, -0.2) is 15.4 Å². The van der Waals surface area contributed by atoms with Gasteiger partial charge < -0.3 is 9.16 Å². The SMILES string of the molecule is COc1ccc(C(C#N)(O[Si](C)(C)C)C2=CC=CC2)cc1. The summed E-state index contributed by atoms with van der Waals surface area (Å²) in [4.78, 5) is 0. The Bertz CT molecular complexity index is 605. The van der Waals surface area contributed by atoms with Crippen LogP contribution in [0.1, 0.15) is 12.0 Å². The number of benzene rings is 1. The lowest BCUT2D eigenvalue weighted by Crippen LogP contribution is -2.41. The van der Waals surface area contributed by atoms with E-state index in [1.54, 1.807) is 7.11 Å². The second-order valence-electron chi connectivity index (χ2n) is 6.06. The van der Waals surface area contributed by atoms with Crippen molar-refractivity contribution in [1.82, 2.24) is 0 Å². The molecule has 0 bridgehead atoms. The number of hydrogen-bond acceptors (Lipinski definition) is 3. The lowest BCUT2D eigenvalue weighted by molar-refractivity contribution is 0.157. The average molecular weight is 299 g/mol. The van der Waals surface area contributed by atoms with Gasteiger partial charge in [0.1, 0.15) is 11.8 Å². The summed E-state index contributed by atoms with van der Waals surface area (Å²) in [5.74, 6) is 0.775. The van der Waals surface area contributed by atoms with Gasteiger partial charge in [-0.3, -0.25) is 0 Å². The second kappa shape index (κ2) is 5.88. The van der Waals surface area contributed by atoms with Crippen LogP contribution in [0.4, 0.5) is 0 Å². The highest BCUT2D eigenvalue weighted by atomic mass is 28.4. The minimum Gasteiger partial charge on any atom is -0.497 e. The Morgan fingerprint density at radius 1 is 1.19 bits per heavy atom. The minimum absolute atomic E-state index is 0.754. The first-order valence-electron chi connectivity index (χ1n) is 7.03. The maximum absolute atomic E-state index is 9.93. The molecule has 0 saturated heterocycles. The first kappa shape index (κ1) is 15.6. The summed E-state index contributed by atoms with van der Waals surface area (Å²) in [5.41, 5.74) is 0.862. The fourth-order valence-corrected chi connectivity index (χ4v) is 3.68. The second-order valence-corrected chi connectivity index (χ2v) is 10.5. The summed E-state index contributed by atoms with van der Waals surface area (Å²) < 4.78 is 11.5. The van der Waals surface area contributed by atoms with E-state index >= 15 is 0 Å². The van der Waals surface area contributed by atoms with Crippen LogP contribution >= 0.6 is 0 Å². The molecule has 2 rings (SSSR count). The van der Waals surface area contributed by atoms with Crippen LogP contribution in [-0.2, 0) is 10.0 Å². The monoisotopic (exact) mass is 299 g/mol. The van der Waals surface area contributed by atoms with Crippen LogP contribution in [0.15, 0.2) is 48.1 Å². The van der Waals surface area contributed by atoms with Gasteiger partial charge >= 0.3 is 0 Å². The van der Waals surface area contributed by atoms with E-state index in [2.05, 4.69) is 31.8 Å². The van der Waals surface area contributed by atoms with Gasteiger partial charge in [-0.25, -0.2) is 0 Å². The number of ether oxygens (including phenoxy) is 1. The Hall–Kier alpha value is -1.83. The fraction of sp³-hybridized carbons (Fsp3) is 0.353. The summed E-state index contributed by atoms with van der Waals surface area (Å²) in [5, 5.41) is 9.93. The standard InChI is InChI=1S/C17H21NO2Si/c1-19-16-11-9-15(10-12-16)17(13-18,20-21(2,3)4)14-7-5-6-8-14/h5-7,9-12H,8H2,1-4H3. The van der Waals surface area contributed by atoms with Gasteiger partial charge in [0.15, 0.2) is 13.9 Å². The van der Waals surface area contributed by atoms with Crippen molar-refractivity contribution in [2.75, 3.05) is 7.11 Å². The molecule has 0 aliphatic heterocycles. The molecule has 110 valence electrons. The summed E-state index contributed by atoms with van der Waals surface area (Å²) in [7, 11) is -0.275. The molecular weight excluding hydrogens is 278 g/mol. The summed E-state index contributed by atoms with van der Waals surface area (Å²) in [6.07, 6.45) is 6.79. The lowest BCUT2D eigenvalue weighted by Gasteiger charge is -2.35. The van der Waals surface area contributed by atoms with Gasteiger partial charge in [-0.2, -0.15) is 5.26 Å². The highest BCUT2D eigenvalue weighted by Gasteiger charge is 2.41. The number of methoxy groups -OCH3 is 1. The molecule has 1 aromatic carbocycles. The fourth-order valence-electron chi connectivity index (χ4n) is 2.46. The molecule has 4 heteroatoms. The molecule has 0 amide bonds. The van der Waals surface area contributed by atoms with Gasteiger partial charge in [0.25, 0.3) is 0 Å². The normalized spacial score (nSPS) is 17.0. The van der Waals surface area contributed by atoms with Gasteiger partial charge in [0.05, 0.1) is 7.11 Å². The molecule has 0 saturated carbocycles. The Balaban J connectivity index is 2.50. The molecule has 0 heterocycles. The molecule has 1 unspecified atom stereocenters. The number of nitrogens with zero attached hydrogens (tertiary/aromatic N) is 1. The van der Waals surface area contributed by atoms with Crippen molar-refractivity contribution in [3.8, 4) is 11.8 Å². The van der Waals surface area contributed by atoms with Crippen LogP contribution in [0.5, 0.6) is 5.75 Å². The van der Waals surface area contributed by atoms with E-state index in [-0.39, 0.29) is 0 Å². The van der Waals surface area contributed by atoms with E-state index in [1.807, 2.05) is 36.4 Å². The van der Waals surface area contributed by atoms with Crippen molar-refractivity contribution < 1.29 is 9.16 Å². The smallest absolute Gasteiger partial charge is 0.192 e. The van der Waals surface area contributed by atoms with Crippen molar-refractivity contribution >= 4 is 8.32 Å². The minimum atomic E-state index is -1.91. The third-order valence-corrected chi connectivity index (χ3v) is 4.26. The summed E-state index contributed by atoms with van der Waals surface area (Å²) >= 11 is 0. The van der Waals surface area contributed by atoms with Crippen molar-refractivity contribution in [3.63, 3.8) is 0 Å². The van der Waals surface area contributed by atoms with Gasteiger partial charge in [-0.1, -0.05) is 30.4 Å². The molecular formula is C17H21NO2Si. The number of allylic oxidation sites excluding steroid dienone is 3. The molecule has 0 N–H and O–H groups in total. The first-order valence-corrected chi connectivity index (χ1v) is 10.4. The highest BCUT2D eigenvalue weighted by Crippen LogP contribution is 2.40. The predicted molar refractivity (Wildman–Crippen MR) is 86.6 cm³/mol. The third-order valence-electron chi connectivity index (χ3n) is 3.34. The number of nitriles is 1. The van der Waals surface area contributed by atoms with Crippen LogP contribution in [0.2, 0.25) is 19.6 Å². The Morgan fingerprint density at radius 3 is 2.29 bits per heavy atom. The van der Waals surface area contributed by atoms with Crippen molar-refractivity contribution in [2.45, 2.75) is 31.7 Å². The predicted octanol–water partition coefficient (Wildman–Crippen LogP) is 4.15. The van der Waals surface area contributed by atoms with Crippen LogP contribution in [0, 0.1) is 11.3 Å². The molecule has 3 nitrogen and oxygen atoms in total. The van der Waals surface area contributed by atoms with Crippen molar-refractivity contribution in [2.24, 2.45) is 0 Å². The largest absolute Gasteiger partial charge is 0.497 e. The van der Waals surface area contributed by atoms with E-state index in [0.29, 0.717) is 0 Å². The molecule has 0 aromatic heterocycles. The van der Waals surface area contributed by atoms with E-state index < -0.39 is 13.9 Å². The lowest BCUT2D eigenvalue weighted by atomic mass is 9.86.